The second-order valence-corrected chi connectivity index (χ2v) is 4.27. The number of ether oxygens (including phenoxy) is 1. The molecule has 84 valence electrons. The summed E-state index contributed by atoms with van der Waals surface area (Å²) in [6.45, 7) is 2.08. The van der Waals surface area contributed by atoms with Crippen LogP contribution in [0.5, 0.6) is 0 Å². The second kappa shape index (κ2) is 3.74. The molecule has 0 amide bonds. The summed E-state index contributed by atoms with van der Waals surface area (Å²) in [5.41, 5.74) is 2.77. The Kier molecular flexibility index (Phi) is 2.22. The largest absolute Gasteiger partial charge is 0.468 e. The molecule has 0 bridgehead atoms. The Bertz CT molecular complexity index is 562. The molecule has 2 heteroatoms. The van der Waals surface area contributed by atoms with Gasteiger partial charge in [0.25, 0.3) is 0 Å². The van der Waals surface area contributed by atoms with Crippen molar-refractivity contribution in [2.75, 3.05) is 0 Å². The summed E-state index contributed by atoms with van der Waals surface area (Å²) in [4.78, 5) is 4.27. The first kappa shape index (κ1) is 10.1. The molecule has 1 heterocycles. The van der Waals surface area contributed by atoms with Gasteiger partial charge in [0.2, 0.25) is 0 Å². The van der Waals surface area contributed by atoms with E-state index >= 15 is 0 Å². The van der Waals surface area contributed by atoms with Crippen LogP contribution in [0.3, 0.4) is 0 Å². The minimum atomic E-state index is -0.445. The Labute approximate surface area is 101 Å². The van der Waals surface area contributed by atoms with Crippen LogP contribution in [0.1, 0.15) is 18.1 Å². The van der Waals surface area contributed by atoms with E-state index in [4.69, 9.17) is 4.74 Å². The van der Waals surface area contributed by atoms with Crippen molar-refractivity contribution in [1.82, 2.24) is 0 Å². The minimum absolute atomic E-state index is 0.445. The van der Waals surface area contributed by atoms with Crippen molar-refractivity contribution >= 4 is 12.1 Å². The number of hydrogen-bond acceptors (Lipinski definition) is 2. The Morgan fingerprint density at radius 1 is 0.941 bits per heavy atom. The predicted molar refractivity (Wildman–Crippen MR) is 68.6 cm³/mol. The molecule has 1 aliphatic heterocycles. The molecule has 0 spiro atoms. The monoisotopic (exact) mass is 223 g/mol. The summed E-state index contributed by atoms with van der Waals surface area (Å²) in [5.74, 6) is 0. The van der Waals surface area contributed by atoms with E-state index in [9.17, 15) is 0 Å². The Morgan fingerprint density at radius 2 is 1.65 bits per heavy atom. The lowest BCUT2D eigenvalue weighted by Crippen LogP contribution is -2.29. The molecule has 0 saturated carbocycles. The summed E-state index contributed by atoms with van der Waals surface area (Å²) in [6, 6.07) is 18.3. The molecule has 0 radical (unpaired) electrons. The molecule has 0 saturated heterocycles. The lowest BCUT2D eigenvalue weighted by atomic mass is 9.86. The molecule has 0 aromatic heterocycles. The quantitative estimate of drug-likeness (QED) is 0.723. The minimum Gasteiger partial charge on any atom is -0.468 e. The molecular weight excluding hydrogens is 210 g/mol. The van der Waals surface area contributed by atoms with Gasteiger partial charge in [0.1, 0.15) is 0 Å². The number of nitrogens with zero attached hydrogens (tertiary/aromatic N) is 1. The average molecular weight is 223 g/mol. The van der Waals surface area contributed by atoms with Crippen LogP contribution in [0.4, 0.5) is 5.69 Å². The van der Waals surface area contributed by atoms with Gasteiger partial charge in [-0.15, -0.1) is 0 Å². The average Bonchev–Trinajstić information content (AvgIpc) is 2.40. The Hall–Kier alpha value is -2.09. The van der Waals surface area contributed by atoms with Crippen molar-refractivity contribution in [2.24, 2.45) is 4.99 Å². The van der Waals surface area contributed by atoms with Crippen LogP contribution in [0.2, 0.25) is 0 Å². The van der Waals surface area contributed by atoms with Crippen LogP contribution in [-0.4, -0.2) is 6.40 Å². The first-order valence-electron chi connectivity index (χ1n) is 5.66. The highest BCUT2D eigenvalue weighted by Gasteiger charge is 2.34. The van der Waals surface area contributed by atoms with Crippen LogP contribution >= 0.6 is 0 Å². The number of para-hydroxylation sites is 1. The van der Waals surface area contributed by atoms with Gasteiger partial charge in [-0.2, -0.15) is 0 Å². The van der Waals surface area contributed by atoms with Gasteiger partial charge in [-0.1, -0.05) is 48.5 Å². The van der Waals surface area contributed by atoms with Gasteiger partial charge in [0, 0.05) is 5.56 Å². The normalized spacial score (nSPS) is 21.7. The summed E-state index contributed by atoms with van der Waals surface area (Å²) in [7, 11) is 0. The van der Waals surface area contributed by atoms with Crippen molar-refractivity contribution in [1.29, 1.82) is 0 Å². The van der Waals surface area contributed by atoms with Gasteiger partial charge in [-0.05, 0) is 18.6 Å². The van der Waals surface area contributed by atoms with Gasteiger partial charge >= 0.3 is 0 Å². The predicted octanol–water partition coefficient (Wildman–Crippen LogP) is 3.64. The van der Waals surface area contributed by atoms with E-state index in [-0.39, 0.29) is 0 Å². The maximum Gasteiger partial charge on any atom is 0.176 e. The lowest BCUT2D eigenvalue weighted by molar-refractivity contribution is 0.124. The van der Waals surface area contributed by atoms with Crippen LogP contribution in [-0.2, 0) is 10.3 Å². The zero-order valence-corrected chi connectivity index (χ0v) is 9.63. The highest BCUT2D eigenvalue weighted by molar-refractivity contribution is 5.66. The van der Waals surface area contributed by atoms with E-state index < -0.39 is 5.60 Å². The van der Waals surface area contributed by atoms with E-state index in [1.807, 2.05) is 36.4 Å². The smallest absolute Gasteiger partial charge is 0.176 e. The van der Waals surface area contributed by atoms with Crippen LogP contribution in [0.25, 0.3) is 0 Å². The van der Waals surface area contributed by atoms with E-state index in [0.717, 1.165) is 16.8 Å². The fourth-order valence-corrected chi connectivity index (χ4v) is 2.22. The highest BCUT2D eigenvalue weighted by Crippen LogP contribution is 2.40. The zero-order chi connectivity index (χ0) is 11.7. The van der Waals surface area contributed by atoms with E-state index in [2.05, 4.69) is 30.1 Å². The molecule has 0 aliphatic carbocycles. The van der Waals surface area contributed by atoms with Gasteiger partial charge < -0.3 is 4.74 Å². The number of aliphatic imine (C=N–C) groups is 1. The van der Waals surface area contributed by atoms with E-state index in [1.165, 1.54) is 6.40 Å². The highest BCUT2D eigenvalue weighted by atomic mass is 16.5. The van der Waals surface area contributed by atoms with Crippen molar-refractivity contribution in [2.45, 2.75) is 12.5 Å². The van der Waals surface area contributed by atoms with E-state index in [0.29, 0.717) is 0 Å². The van der Waals surface area contributed by atoms with Crippen LogP contribution in [0, 0.1) is 0 Å². The maximum absolute atomic E-state index is 5.79. The molecule has 0 fully saturated rings. The van der Waals surface area contributed by atoms with Gasteiger partial charge in [-0.3, -0.25) is 0 Å². The molecule has 2 nitrogen and oxygen atoms in total. The van der Waals surface area contributed by atoms with Crippen LogP contribution in [0.15, 0.2) is 59.6 Å². The van der Waals surface area contributed by atoms with E-state index in [1.54, 1.807) is 0 Å². The second-order valence-electron chi connectivity index (χ2n) is 4.27. The van der Waals surface area contributed by atoms with Crippen molar-refractivity contribution in [3.05, 3.63) is 65.7 Å². The molecule has 17 heavy (non-hydrogen) atoms. The zero-order valence-electron chi connectivity index (χ0n) is 9.63. The third kappa shape index (κ3) is 1.53. The van der Waals surface area contributed by atoms with Crippen molar-refractivity contribution in [3.63, 3.8) is 0 Å². The molecule has 0 N–H and O–H groups in total. The fourth-order valence-electron chi connectivity index (χ4n) is 2.22. The summed E-state index contributed by atoms with van der Waals surface area (Å²) >= 11 is 0. The first-order chi connectivity index (χ1) is 8.31. The standard InChI is InChI=1S/C15H13NO/c1-15(12-7-3-2-4-8-12)13-9-5-6-10-14(13)16-11-17-15/h2-11H,1H3. The fraction of sp³-hybridized carbons (Fsp3) is 0.133. The Balaban J connectivity index is 2.19. The SMILES string of the molecule is CC1(c2ccccc2)OC=Nc2ccccc21. The first-order valence-corrected chi connectivity index (χ1v) is 5.66. The molecule has 1 aliphatic rings. The summed E-state index contributed by atoms with van der Waals surface area (Å²) < 4.78 is 5.79. The third-order valence-electron chi connectivity index (χ3n) is 3.22. The topological polar surface area (TPSA) is 21.6 Å². The maximum atomic E-state index is 5.79. The summed E-state index contributed by atoms with van der Waals surface area (Å²) in [6.07, 6.45) is 1.54. The van der Waals surface area contributed by atoms with Gasteiger partial charge in [0.15, 0.2) is 12.0 Å². The molecule has 1 atom stereocenters. The third-order valence-corrected chi connectivity index (χ3v) is 3.22. The van der Waals surface area contributed by atoms with Crippen LogP contribution < -0.4 is 0 Å². The van der Waals surface area contributed by atoms with Gasteiger partial charge in [-0.25, -0.2) is 4.99 Å². The van der Waals surface area contributed by atoms with Crippen molar-refractivity contribution < 1.29 is 4.74 Å². The molecule has 2 aromatic carbocycles. The lowest BCUT2D eigenvalue weighted by Gasteiger charge is -2.33. The van der Waals surface area contributed by atoms with Gasteiger partial charge in [0.05, 0.1) is 5.69 Å². The Morgan fingerprint density at radius 3 is 2.47 bits per heavy atom. The summed E-state index contributed by atoms with van der Waals surface area (Å²) in [5, 5.41) is 0. The molecule has 1 unspecified atom stereocenters. The van der Waals surface area contributed by atoms with Crippen molar-refractivity contribution in [3.8, 4) is 0 Å². The number of hydrogen-bond donors (Lipinski definition) is 0. The molecular formula is C15H13NO. The number of benzene rings is 2. The molecule has 3 rings (SSSR count). The number of rotatable bonds is 1. The molecule has 2 aromatic rings. The number of fused-ring (bicyclic) bond motifs is 1.